The molecule has 0 heterocycles. The summed E-state index contributed by atoms with van der Waals surface area (Å²) in [5.41, 5.74) is 0. The fraction of sp³-hybridized carbons (Fsp3) is 0.833. The van der Waals surface area contributed by atoms with Crippen molar-refractivity contribution in [3.8, 4) is 0 Å². The molecule has 112 valence electrons. The van der Waals surface area contributed by atoms with Gasteiger partial charge >= 0.3 is 18.6 Å². The lowest BCUT2D eigenvalue weighted by Gasteiger charge is -1.97. The molecule has 0 aromatic heterocycles. The highest BCUT2D eigenvalue weighted by Gasteiger charge is 2.31. The number of carbonyl (C=O) groups excluding carboxylic acids is 1. The molecule has 0 bridgehead atoms. The van der Waals surface area contributed by atoms with E-state index in [-0.39, 0.29) is 0 Å². The number of hydrogen-bond acceptors (Lipinski definition) is 2. The molecule has 0 aliphatic carbocycles. The van der Waals surface area contributed by atoms with Crippen LogP contribution in [-0.4, -0.2) is 31.9 Å². The standard InChI is InChI=1S/C3H2F4O.C2H4F2O.CF4/c4-2(8)1-3(5,6)7;3-1-2-5-4;2-1(3,4)5/h1H2;1-2H2;. The summed E-state index contributed by atoms with van der Waals surface area (Å²) in [6, 6.07) is -2.35. The summed E-state index contributed by atoms with van der Waals surface area (Å²) >= 11 is 0. The van der Waals surface area contributed by atoms with Crippen LogP contribution in [0.1, 0.15) is 6.42 Å². The monoisotopic (exact) mass is 300 g/mol. The van der Waals surface area contributed by atoms with E-state index in [1.165, 1.54) is 0 Å². The third kappa shape index (κ3) is 82.4. The predicted molar refractivity (Wildman–Crippen MR) is 37.0 cm³/mol. The SMILES string of the molecule is FC(F)(F)F.FCCOF.O=C(F)CC(F)(F)F. The zero-order valence-corrected chi connectivity index (χ0v) is 8.22. The minimum Gasteiger partial charge on any atom is -0.261 e. The van der Waals surface area contributed by atoms with Crippen molar-refractivity contribution in [1.29, 1.82) is 0 Å². The molecule has 2 nitrogen and oxygen atoms in total. The van der Waals surface area contributed by atoms with Gasteiger partial charge < -0.3 is 0 Å². The summed E-state index contributed by atoms with van der Waals surface area (Å²) in [7, 11) is 0. The fourth-order valence-electron chi connectivity index (χ4n) is 0.187. The summed E-state index contributed by atoms with van der Waals surface area (Å²) < 4.78 is 103. The van der Waals surface area contributed by atoms with E-state index in [0.717, 1.165) is 0 Å². The number of carbonyl (C=O) groups is 1. The average Bonchev–Trinajstić information content (AvgIpc) is 1.97. The molecule has 0 aliphatic rings. The molecule has 0 N–H and O–H groups in total. The number of halogens is 10. The highest BCUT2D eigenvalue weighted by molar-refractivity contribution is 5.68. The molecule has 0 spiro atoms. The van der Waals surface area contributed by atoms with E-state index >= 15 is 0 Å². The van der Waals surface area contributed by atoms with Crippen molar-refractivity contribution < 1.29 is 53.8 Å². The molecule has 18 heavy (non-hydrogen) atoms. The van der Waals surface area contributed by atoms with Gasteiger partial charge in [-0.15, -0.1) is 17.6 Å². The molecule has 0 rings (SSSR count). The second-order valence-electron chi connectivity index (χ2n) is 2.08. The second-order valence-corrected chi connectivity index (χ2v) is 2.08. The Hall–Kier alpha value is -1.07. The minimum atomic E-state index is -5.50. The van der Waals surface area contributed by atoms with Crippen molar-refractivity contribution in [2.24, 2.45) is 0 Å². The Balaban J connectivity index is -0.000000197. The minimum absolute atomic E-state index is 0.444. The van der Waals surface area contributed by atoms with Gasteiger partial charge in [-0.25, -0.2) is 4.39 Å². The maximum atomic E-state index is 10.8. The molecule has 0 radical (unpaired) electrons. The molecule has 0 fully saturated rings. The van der Waals surface area contributed by atoms with E-state index in [9.17, 15) is 44.0 Å². The maximum absolute atomic E-state index is 10.8. The molecule has 12 heteroatoms. The van der Waals surface area contributed by atoms with Gasteiger partial charge in [-0.1, -0.05) is 0 Å². The van der Waals surface area contributed by atoms with Gasteiger partial charge in [0.1, 0.15) is 19.7 Å². The first-order valence-electron chi connectivity index (χ1n) is 3.63. The van der Waals surface area contributed by atoms with Crippen molar-refractivity contribution in [2.45, 2.75) is 19.0 Å². The van der Waals surface area contributed by atoms with E-state index in [4.69, 9.17) is 4.79 Å². The largest absolute Gasteiger partial charge is 0.559 e. The summed E-state index contributed by atoms with van der Waals surface area (Å²) in [5, 5.41) is 0. The second kappa shape index (κ2) is 11.0. The highest BCUT2D eigenvalue weighted by atomic mass is 19.5. The van der Waals surface area contributed by atoms with Crippen LogP contribution in [0.2, 0.25) is 0 Å². The molecule has 0 saturated carbocycles. The van der Waals surface area contributed by atoms with E-state index < -0.39 is 38.3 Å². The molecule has 0 amide bonds. The highest BCUT2D eigenvalue weighted by Crippen LogP contribution is 2.19. The molecule has 0 aromatic rings. The Morgan fingerprint density at radius 3 is 1.33 bits per heavy atom. The first kappa shape index (κ1) is 22.1. The molecule has 0 unspecified atom stereocenters. The Labute approximate surface area is 93.4 Å². The van der Waals surface area contributed by atoms with Crippen molar-refractivity contribution in [3.63, 3.8) is 0 Å². The van der Waals surface area contributed by atoms with E-state index in [0.29, 0.717) is 0 Å². The van der Waals surface area contributed by atoms with Gasteiger partial charge in [0.15, 0.2) is 0 Å². The lowest BCUT2D eigenvalue weighted by Crippen LogP contribution is -2.11. The molecule has 0 saturated heterocycles. The molecule has 0 aliphatic heterocycles. The lowest BCUT2D eigenvalue weighted by molar-refractivity contribution is -0.237. The van der Waals surface area contributed by atoms with Crippen molar-refractivity contribution in [2.75, 3.05) is 13.3 Å². The van der Waals surface area contributed by atoms with Crippen LogP contribution in [-0.2, 0) is 9.74 Å². The van der Waals surface area contributed by atoms with E-state index in [1.54, 1.807) is 0 Å². The lowest BCUT2D eigenvalue weighted by atomic mass is 10.4. The van der Waals surface area contributed by atoms with Crippen LogP contribution >= 0.6 is 0 Å². The van der Waals surface area contributed by atoms with Crippen LogP contribution in [0.25, 0.3) is 0 Å². The zero-order chi connectivity index (χ0) is 15.4. The van der Waals surface area contributed by atoms with Crippen LogP contribution in [0.15, 0.2) is 0 Å². The van der Waals surface area contributed by atoms with Gasteiger partial charge in [-0.2, -0.15) is 22.5 Å². The van der Waals surface area contributed by atoms with Crippen molar-refractivity contribution in [1.82, 2.24) is 0 Å². The van der Waals surface area contributed by atoms with Gasteiger partial charge in [0, 0.05) is 0 Å². The Morgan fingerprint density at radius 2 is 1.33 bits per heavy atom. The zero-order valence-electron chi connectivity index (χ0n) is 8.22. The summed E-state index contributed by atoms with van der Waals surface area (Å²) in [6.45, 7) is -1.20. The fourth-order valence-corrected chi connectivity index (χ4v) is 0.187. The summed E-state index contributed by atoms with van der Waals surface area (Å²) in [5.74, 6) is 0. The normalized spacial score (nSPS) is 10.8. The van der Waals surface area contributed by atoms with Gasteiger partial charge in [0.2, 0.25) is 0 Å². The third-order valence-corrected chi connectivity index (χ3v) is 0.494. The van der Waals surface area contributed by atoms with Crippen LogP contribution in [0, 0.1) is 0 Å². The summed E-state index contributed by atoms with van der Waals surface area (Å²) in [4.78, 5) is 11.9. The van der Waals surface area contributed by atoms with Gasteiger partial charge in [0.25, 0.3) is 0 Å². The van der Waals surface area contributed by atoms with Crippen LogP contribution in [0.5, 0.6) is 0 Å². The van der Waals surface area contributed by atoms with Gasteiger partial charge in [-0.3, -0.25) is 4.79 Å². The van der Waals surface area contributed by atoms with E-state index in [2.05, 4.69) is 4.94 Å². The quantitative estimate of drug-likeness (QED) is 0.586. The van der Waals surface area contributed by atoms with Crippen LogP contribution < -0.4 is 0 Å². The third-order valence-electron chi connectivity index (χ3n) is 0.494. The van der Waals surface area contributed by atoms with Crippen LogP contribution in [0.4, 0.5) is 44.0 Å². The van der Waals surface area contributed by atoms with Crippen LogP contribution in [0.3, 0.4) is 0 Å². The van der Waals surface area contributed by atoms with E-state index in [1.807, 2.05) is 0 Å². The average molecular weight is 300 g/mol. The first-order valence-corrected chi connectivity index (χ1v) is 3.63. The molecular formula is C6H6F10O2. The number of hydrogen-bond donors (Lipinski definition) is 0. The Bertz CT molecular complexity index is 190. The van der Waals surface area contributed by atoms with Gasteiger partial charge in [-0.05, 0) is 4.53 Å². The van der Waals surface area contributed by atoms with Crippen molar-refractivity contribution >= 4 is 6.04 Å². The summed E-state index contributed by atoms with van der Waals surface area (Å²) in [6.07, 6.45) is -12.2. The smallest absolute Gasteiger partial charge is 0.261 e. The van der Waals surface area contributed by atoms with Crippen molar-refractivity contribution in [3.05, 3.63) is 0 Å². The first-order chi connectivity index (χ1) is 7.83. The number of alkyl halides is 8. The topological polar surface area (TPSA) is 26.3 Å². The Morgan fingerprint density at radius 1 is 1.00 bits per heavy atom. The molecule has 0 aromatic carbocycles. The molecule has 0 atom stereocenters. The Kier molecular flexibility index (Phi) is 13.6. The number of rotatable bonds is 3. The molecular weight excluding hydrogens is 294 g/mol. The maximum Gasteiger partial charge on any atom is 0.559 e. The predicted octanol–water partition coefficient (Wildman–Crippen LogP) is 3.77. The van der Waals surface area contributed by atoms with Gasteiger partial charge in [0.05, 0.1) is 0 Å².